The van der Waals surface area contributed by atoms with Crippen LogP contribution in [0.15, 0.2) is 48.7 Å². The first-order valence-corrected chi connectivity index (χ1v) is 9.60. The Morgan fingerprint density at radius 2 is 2.00 bits per heavy atom. The van der Waals surface area contributed by atoms with E-state index in [0.29, 0.717) is 6.04 Å². The van der Waals surface area contributed by atoms with Gasteiger partial charge in [0, 0.05) is 35.2 Å². The van der Waals surface area contributed by atoms with E-state index in [2.05, 4.69) is 66.2 Å². The number of benzene rings is 2. The molecule has 1 aliphatic rings. The maximum atomic E-state index is 5.77. The van der Waals surface area contributed by atoms with E-state index in [-0.39, 0.29) is 0 Å². The molecule has 3 nitrogen and oxygen atoms in total. The van der Waals surface area contributed by atoms with Crippen molar-refractivity contribution < 1.29 is 4.74 Å². The Morgan fingerprint density at radius 1 is 1.19 bits per heavy atom. The number of hydrogen-bond acceptors (Lipinski definition) is 2. The summed E-state index contributed by atoms with van der Waals surface area (Å²) >= 11 is 0. The highest BCUT2D eigenvalue weighted by molar-refractivity contribution is 5.88. The Kier molecular flexibility index (Phi) is 4.73. The van der Waals surface area contributed by atoms with E-state index in [9.17, 15) is 0 Å². The lowest BCUT2D eigenvalue weighted by Crippen LogP contribution is -2.35. The summed E-state index contributed by atoms with van der Waals surface area (Å²) in [6.07, 6.45) is 4.51. The number of aromatic nitrogens is 1. The quantitative estimate of drug-likeness (QED) is 0.678. The molecular weight excluding hydrogens is 320 g/mol. The smallest absolute Gasteiger partial charge is 0.124 e. The van der Waals surface area contributed by atoms with Gasteiger partial charge in [-0.2, -0.15) is 0 Å². The molecule has 0 saturated carbocycles. The van der Waals surface area contributed by atoms with Crippen LogP contribution in [0.1, 0.15) is 42.5 Å². The van der Waals surface area contributed by atoms with Crippen LogP contribution in [0, 0.1) is 12.8 Å². The van der Waals surface area contributed by atoms with Crippen molar-refractivity contribution in [2.75, 3.05) is 13.7 Å². The minimum Gasteiger partial charge on any atom is -0.496 e. The molecule has 0 spiro atoms. The van der Waals surface area contributed by atoms with Gasteiger partial charge in [0.1, 0.15) is 5.75 Å². The van der Waals surface area contributed by atoms with E-state index in [1.807, 2.05) is 6.20 Å². The molecule has 2 atom stereocenters. The zero-order valence-corrected chi connectivity index (χ0v) is 16.0. The van der Waals surface area contributed by atoms with Gasteiger partial charge in [-0.1, -0.05) is 37.3 Å². The van der Waals surface area contributed by atoms with Crippen molar-refractivity contribution in [3.05, 3.63) is 65.4 Å². The Balaban J connectivity index is 1.72. The fourth-order valence-corrected chi connectivity index (χ4v) is 4.39. The summed E-state index contributed by atoms with van der Waals surface area (Å²) in [5, 5.41) is 1.28. The summed E-state index contributed by atoms with van der Waals surface area (Å²) in [7, 11) is 1.78. The zero-order valence-electron chi connectivity index (χ0n) is 16.0. The van der Waals surface area contributed by atoms with Gasteiger partial charge in [0.15, 0.2) is 0 Å². The number of piperidine rings is 1. The SMILES string of the molecule is COc1cc(C)c2[nH]ccc2c1CN1CC[C@@H](C)C[C@H]1c1ccccc1. The van der Waals surface area contributed by atoms with E-state index in [4.69, 9.17) is 4.74 Å². The van der Waals surface area contributed by atoms with E-state index in [1.54, 1.807) is 7.11 Å². The molecule has 136 valence electrons. The third-order valence-electron chi connectivity index (χ3n) is 5.85. The van der Waals surface area contributed by atoms with Gasteiger partial charge in [-0.15, -0.1) is 0 Å². The number of nitrogens with zero attached hydrogens (tertiary/aromatic N) is 1. The molecule has 26 heavy (non-hydrogen) atoms. The molecule has 1 saturated heterocycles. The zero-order chi connectivity index (χ0) is 18.1. The summed E-state index contributed by atoms with van der Waals surface area (Å²) in [6, 6.07) is 15.8. The normalized spacial score (nSPS) is 21.2. The van der Waals surface area contributed by atoms with Crippen LogP contribution in [-0.2, 0) is 6.54 Å². The number of aromatic amines is 1. The van der Waals surface area contributed by atoms with Crippen molar-refractivity contribution in [1.29, 1.82) is 0 Å². The Hall–Kier alpha value is -2.26. The second-order valence-electron chi connectivity index (χ2n) is 7.67. The molecule has 3 aromatic rings. The number of ether oxygens (including phenoxy) is 1. The largest absolute Gasteiger partial charge is 0.496 e. The van der Waals surface area contributed by atoms with Gasteiger partial charge in [-0.25, -0.2) is 0 Å². The first-order chi connectivity index (χ1) is 12.7. The molecule has 0 aliphatic carbocycles. The molecule has 1 aromatic heterocycles. The van der Waals surface area contributed by atoms with Crippen LogP contribution in [-0.4, -0.2) is 23.5 Å². The lowest BCUT2D eigenvalue weighted by atomic mass is 9.87. The first-order valence-electron chi connectivity index (χ1n) is 9.60. The number of methoxy groups -OCH3 is 1. The Morgan fingerprint density at radius 3 is 2.77 bits per heavy atom. The number of H-pyrrole nitrogens is 1. The van der Waals surface area contributed by atoms with E-state index in [0.717, 1.165) is 24.8 Å². The van der Waals surface area contributed by atoms with Crippen molar-refractivity contribution in [2.45, 2.75) is 39.3 Å². The summed E-state index contributed by atoms with van der Waals surface area (Å²) in [5.41, 5.74) is 5.18. The van der Waals surface area contributed by atoms with E-state index in [1.165, 1.54) is 40.4 Å². The molecule has 2 heterocycles. The topological polar surface area (TPSA) is 28.3 Å². The fraction of sp³-hybridized carbons (Fsp3) is 0.391. The van der Waals surface area contributed by atoms with Crippen LogP contribution in [0.2, 0.25) is 0 Å². The molecule has 1 N–H and O–H groups in total. The van der Waals surface area contributed by atoms with Crippen LogP contribution in [0.3, 0.4) is 0 Å². The van der Waals surface area contributed by atoms with E-state index < -0.39 is 0 Å². The fourth-order valence-electron chi connectivity index (χ4n) is 4.39. The van der Waals surface area contributed by atoms with Crippen LogP contribution < -0.4 is 4.74 Å². The van der Waals surface area contributed by atoms with Crippen LogP contribution >= 0.6 is 0 Å². The van der Waals surface area contributed by atoms with Crippen LogP contribution in [0.5, 0.6) is 5.75 Å². The molecule has 0 radical (unpaired) electrons. The lowest BCUT2D eigenvalue weighted by Gasteiger charge is -2.39. The lowest BCUT2D eigenvalue weighted by molar-refractivity contribution is 0.110. The minimum atomic E-state index is 0.472. The second-order valence-corrected chi connectivity index (χ2v) is 7.67. The van der Waals surface area contributed by atoms with Crippen molar-refractivity contribution >= 4 is 10.9 Å². The van der Waals surface area contributed by atoms with Crippen molar-refractivity contribution in [1.82, 2.24) is 9.88 Å². The van der Waals surface area contributed by atoms with Crippen LogP contribution in [0.4, 0.5) is 0 Å². The maximum absolute atomic E-state index is 5.77. The number of likely N-dealkylation sites (tertiary alicyclic amines) is 1. The molecule has 1 aliphatic heterocycles. The number of hydrogen-bond donors (Lipinski definition) is 1. The molecule has 4 rings (SSSR count). The second kappa shape index (κ2) is 7.16. The van der Waals surface area contributed by atoms with Gasteiger partial charge in [0.25, 0.3) is 0 Å². The molecule has 3 heteroatoms. The van der Waals surface area contributed by atoms with Gasteiger partial charge in [-0.05, 0) is 55.5 Å². The third-order valence-corrected chi connectivity index (χ3v) is 5.85. The molecule has 0 bridgehead atoms. The molecule has 0 unspecified atom stereocenters. The molecule has 0 amide bonds. The van der Waals surface area contributed by atoms with Crippen molar-refractivity contribution in [3.8, 4) is 5.75 Å². The monoisotopic (exact) mass is 348 g/mol. The minimum absolute atomic E-state index is 0.472. The summed E-state index contributed by atoms with van der Waals surface area (Å²) < 4.78 is 5.77. The predicted octanol–water partition coefficient (Wildman–Crippen LogP) is 5.46. The summed E-state index contributed by atoms with van der Waals surface area (Å²) in [5.74, 6) is 1.77. The van der Waals surface area contributed by atoms with Gasteiger partial charge < -0.3 is 9.72 Å². The van der Waals surface area contributed by atoms with Gasteiger partial charge in [-0.3, -0.25) is 4.90 Å². The summed E-state index contributed by atoms with van der Waals surface area (Å²) in [6.45, 7) is 6.57. The molecule has 1 fully saturated rings. The highest BCUT2D eigenvalue weighted by Gasteiger charge is 2.29. The first kappa shape index (κ1) is 17.2. The Bertz CT molecular complexity index is 884. The summed E-state index contributed by atoms with van der Waals surface area (Å²) in [4.78, 5) is 6.03. The highest BCUT2D eigenvalue weighted by atomic mass is 16.5. The van der Waals surface area contributed by atoms with Gasteiger partial charge >= 0.3 is 0 Å². The third kappa shape index (κ3) is 3.12. The van der Waals surface area contributed by atoms with E-state index >= 15 is 0 Å². The average molecular weight is 348 g/mol. The van der Waals surface area contributed by atoms with Gasteiger partial charge in [0.2, 0.25) is 0 Å². The van der Waals surface area contributed by atoms with Crippen molar-refractivity contribution in [2.24, 2.45) is 5.92 Å². The number of nitrogens with one attached hydrogen (secondary N) is 1. The highest BCUT2D eigenvalue weighted by Crippen LogP contribution is 2.38. The predicted molar refractivity (Wildman–Crippen MR) is 108 cm³/mol. The molecular formula is C23H28N2O. The average Bonchev–Trinajstić information content (AvgIpc) is 3.16. The van der Waals surface area contributed by atoms with Gasteiger partial charge in [0.05, 0.1) is 7.11 Å². The number of aryl methyl sites for hydroxylation is 1. The Labute approximate surface area is 156 Å². The maximum Gasteiger partial charge on any atom is 0.124 e. The number of rotatable bonds is 4. The standard InChI is InChI=1S/C23H28N2O/c1-16-10-12-25(21(13-16)18-7-5-4-6-8-18)15-20-19-9-11-24-23(19)17(2)14-22(20)26-3/h4-9,11,14,16,21,24H,10,12-13,15H2,1-3H3/t16-,21+/m1/s1. The molecule has 2 aromatic carbocycles. The number of fused-ring (bicyclic) bond motifs is 1. The van der Waals surface area contributed by atoms with Crippen LogP contribution in [0.25, 0.3) is 10.9 Å². The van der Waals surface area contributed by atoms with Crippen molar-refractivity contribution in [3.63, 3.8) is 0 Å².